The van der Waals surface area contributed by atoms with E-state index in [1.165, 1.54) is 17.0 Å². The molecule has 0 bridgehead atoms. The summed E-state index contributed by atoms with van der Waals surface area (Å²) in [5, 5.41) is 11.6. The highest BCUT2D eigenvalue weighted by Crippen LogP contribution is 2.07. The molecule has 1 aliphatic heterocycles. The van der Waals surface area contributed by atoms with Crippen molar-refractivity contribution in [3.63, 3.8) is 0 Å². The zero-order valence-electron chi connectivity index (χ0n) is 13.1. The SMILES string of the molecule is CCN1CCCN(C(=O)NCc2ccc(C(=O)O)cc2)CC1=O. The third-order valence-electron chi connectivity index (χ3n) is 3.85. The van der Waals surface area contributed by atoms with Crippen LogP contribution in [-0.2, 0) is 11.3 Å². The quantitative estimate of drug-likeness (QED) is 0.871. The molecule has 1 aromatic carbocycles. The van der Waals surface area contributed by atoms with Gasteiger partial charge in [-0.25, -0.2) is 9.59 Å². The Morgan fingerprint density at radius 2 is 1.91 bits per heavy atom. The number of carboxylic acid groups (broad SMARTS) is 1. The zero-order chi connectivity index (χ0) is 16.8. The van der Waals surface area contributed by atoms with Gasteiger partial charge in [0.1, 0.15) is 6.54 Å². The molecule has 2 N–H and O–H groups in total. The summed E-state index contributed by atoms with van der Waals surface area (Å²) >= 11 is 0. The largest absolute Gasteiger partial charge is 0.478 e. The highest BCUT2D eigenvalue weighted by molar-refractivity contribution is 5.87. The molecule has 23 heavy (non-hydrogen) atoms. The molecule has 0 unspecified atom stereocenters. The van der Waals surface area contributed by atoms with Gasteiger partial charge < -0.3 is 20.2 Å². The average molecular weight is 319 g/mol. The molecular formula is C16H21N3O4. The van der Waals surface area contributed by atoms with Gasteiger partial charge in [0.2, 0.25) is 5.91 Å². The van der Waals surface area contributed by atoms with Crippen LogP contribution in [0.1, 0.15) is 29.3 Å². The molecule has 0 spiro atoms. The van der Waals surface area contributed by atoms with Gasteiger partial charge in [-0.05, 0) is 31.0 Å². The van der Waals surface area contributed by atoms with Gasteiger partial charge in [0.15, 0.2) is 0 Å². The first-order chi connectivity index (χ1) is 11.0. The Morgan fingerprint density at radius 1 is 1.22 bits per heavy atom. The number of likely N-dealkylation sites (N-methyl/N-ethyl adjacent to an activating group) is 1. The smallest absolute Gasteiger partial charge is 0.335 e. The molecule has 3 amide bonds. The van der Waals surface area contributed by atoms with E-state index in [9.17, 15) is 14.4 Å². The summed E-state index contributed by atoms with van der Waals surface area (Å²) in [5.74, 6) is -1.02. The number of amides is 3. The van der Waals surface area contributed by atoms with Crippen LogP contribution in [0.5, 0.6) is 0 Å². The summed E-state index contributed by atoms with van der Waals surface area (Å²) in [4.78, 5) is 38.2. The van der Waals surface area contributed by atoms with Crippen molar-refractivity contribution < 1.29 is 19.5 Å². The number of benzene rings is 1. The van der Waals surface area contributed by atoms with Crippen molar-refractivity contribution in [3.05, 3.63) is 35.4 Å². The number of carboxylic acids is 1. The molecule has 1 aliphatic rings. The van der Waals surface area contributed by atoms with Gasteiger partial charge in [0.05, 0.1) is 5.56 Å². The van der Waals surface area contributed by atoms with E-state index in [2.05, 4.69) is 5.32 Å². The van der Waals surface area contributed by atoms with Crippen LogP contribution in [0.25, 0.3) is 0 Å². The molecule has 2 rings (SSSR count). The third-order valence-corrected chi connectivity index (χ3v) is 3.85. The minimum atomic E-state index is -0.982. The van der Waals surface area contributed by atoms with Gasteiger partial charge in [-0.1, -0.05) is 12.1 Å². The predicted molar refractivity (Wildman–Crippen MR) is 84.1 cm³/mol. The van der Waals surface area contributed by atoms with E-state index in [-0.39, 0.29) is 24.0 Å². The van der Waals surface area contributed by atoms with Gasteiger partial charge in [-0.15, -0.1) is 0 Å². The van der Waals surface area contributed by atoms with Crippen molar-refractivity contribution in [2.45, 2.75) is 19.9 Å². The zero-order valence-corrected chi connectivity index (χ0v) is 13.1. The molecule has 0 saturated carbocycles. The van der Waals surface area contributed by atoms with E-state index in [1.54, 1.807) is 17.0 Å². The highest BCUT2D eigenvalue weighted by Gasteiger charge is 2.23. The van der Waals surface area contributed by atoms with E-state index in [1.807, 2.05) is 6.92 Å². The Balaban J connectivity index is 1.89. The predicted octanol–water partition coefficient (Wildman–Crippen LogP) is 1.15. The monoisotopic (exact) mass is 319 g/mol. The number of urea groups is 1. The summed E-state index contributed by atoms with van der Waals surface area (Å²) < 4.78 is 0. The summed E-state index contributed by atoms with van der Waals surface area (Å²) in [6.07, 6.45) is 0.764. The molecule has 1 saturated heterocycles. The van der Waals surface area contributed by atoms with Gasteiger partial charge in [-0.2, -0.15) is 0 Å². The number of rotatable bonds is 4. The van der Waals surface area contributed by atoms with Crippen LogP contribution in [0.3, 0.4) is 0 Å². The van der Waals surface area contributed by atoms with E-state index >= 15 is 0 Å². The first-order valence-corrected chi connectivity index (χ1v) is 7.64. The number of nitrogens with one attached hydrogen (secondary N) is 1. The fourth-order valence-corrected chi connectivity index (χ4v) is 2.48. The van der Waals surface area contributed by atoms with E-state index in [0.29, 0.717) is 26.2 Å². The summed E-state index contributed by atoms with van der Waals surface area (Å²) in [5.41, 5.74) is 1.01. The third kappa shape index (κ3) is 4.45. The van der Waals surface area contributed by atoms with Gasteiger partial charge in [0, 0.05) is 26.2 Å². The molecule has 7 nitrogen and oxygen atoms in total. The minimum Gasteiger partial charge on any atom is -0.478 e. The van der Waals surface area contributed by atoms with Crippen LogP contribution in [0.2, 0.25) is 0 Å². The molecule has 7 heteroatoms. The molecule has 1 fully saturated rings. The lowest BCUT2D eigenvalue weighted by molar-refractivity contribution is -0.130. The second-order valence-corrected chi connectivity index (χ2v) is 5.41. The van der Waals surface area contributed by atoms with Crippen LogP contribution in [-0.4, -0.2) is 59.0 Å². The Hall–Kier alpha value is -2.57. The normalized spacial score (nSPS) is 15.3. The lowest BCUT2D eigenvalue weighted by Crippen LogP contribution is -2.43. The molecule has 0 radical (unpaired) electrons. The maximum atomic E-state index is 12.2. The lowest BCUT2D eigenvalue weighted by atomic mass is 10.1. The molecular weight excluding hydrogens is 298 g/mol. The van der Waals surface area contributed by atoms with Crippen LogP contribution < -0.4 is 5.32 Å². The van der Waals surface area contributed by atoms with Crippen molar-refractivity contribution in [1.29, 1.82) is 0 Å². The summed E-state index contributed by atoms with van der Waals surface area (Å²) in [7, 11) is 0. The molecule has 1 aromatic rings. The molecule has 0 aromatic heterocycles. The summed E-state index contributed by atoms with van der Waals surface area (Å²) in [6.45, 7) is 4.19. The van der Waals surface area contributed by atoms with Gasteiger partial charge in [-0.3, -0.25) is 4.79 Å². The Bertz CT molecular complexity index is 585. The molecule has 0 aliphatic carbocycles. The van der Waals surface area contributed by atoms with E-state index in [4.69, 9.17) is 5.11 Å². The van der Waals surface area contributed by atoms with E-state index in [0.717, 1.165) is 12.0 Å². The number of aromatic carboxylic acids is 1. The second-order valence-electron chi connectivity index (χ2n) is 5.41. The average Bonchev–Trinajstić information content (AvgIpc) is 2.74. The number of carbonyl (C=O) groups excluding carboxylic acids is 2. The topological polar surface area (TPSA) is 89.9 Å². The Kier molecular flexibility index (Phi) is 5.56. The van der Waals surface area contributed by atoms with Crippen molar-refractivity contribution in [1.82, 2.24) is 15.1 Å². The minimum absolute atomic E-state index is 0.0361. The first kappa shape index (κ1) is 16.8. The summed E-state index contributed by atoms with van der Waals surface area (Å²) in [6, 6.07) is 6.04. The maximum Gasteiger partial charge on any atom is 0.335 e. The van der Waals surface area contributed by atoms with Crippen LogP contribution in [0.4, 0.5) is 4.79 Å². The van der Waals surface area contributed by atoms with Crippen molar-refractivity contribution >= 4 is 17.9 Å². The molecule has 1 heterocycles. The van der Waals surface area contributed by atoms with Gasteiger partial charge in [0.25, 0.3) is 0 Å². The number of nitrogens with zero attached hydrogens (tertiary/aromatic N) is 2. The van der Waals surface area contributed by atoms with Crippen LogP contribution in [0.15, 0.2) is 24.3 Å². The Morgan fingerprint density at radius 3 is 2.52 bits per heavy atom. The fourth-order valence-electron chi connectivity index (χ4n) is 2.48. The standard InChI is InChI=1S/C16H21N3O4/c1-2-18-8-3-9-19(11-14(18)20)16(23)17-10-12-4-6-13(7-5-12)15(21)22/h4-7H,2-3,8-11H2,1H3,(H,17,23)(H,21,22). The lowest BCUT2D eigenvalue weighted by Gasteiger charge is -2.21. The van der Waals surface area contributed by atoms with Crippen LogP contribution >= 0.6 is 0 Å². The molecule has 124 valence electrons. The Labute approximate surface area is 134 Å². The highest BCUT2D eigenvalue weighted by atomic mass is 16.4. The fraction of sp³-hybridized carbons (Fsp3) is 0.438. The number of hydrogen-bond donors (Lipinski definition) is 2. The second kappa shape index (κ2) is 7.62. The van der Waals surface area contributed by atoms with Crippen molar-refractivity contribution in [2.75, 3.05) is 26.2 Å². The number of carbonyl (C=O) groups is 3. The first-order valence-electron chi connectivity index (χ1n) is 7.64. The number of hydrogen-bond acceptors (Lipinski definition) is 3. The van der Waals surface area contributed by atoms with Gasteiger partial charge >= 0.3 is 12.0 Å². The van der Waals surface area contributed by atoms with Crippen molar-refractivity contribution in [2.24, 2.45) is 0 Å². The van der Waals surface area contributed by atoms with E-state index < -0.39 is 5.97 Å². The van der Waals surface area contributed by atoms with Crippen molar-refractivity contribution in [3.8, 4) is 0 Å². The maximum absolute atomic E-state index is 12.2. The molecule has 0 atom stereocenters. The van der Waals surface area contributed by atoms with Crippen LogP contribution in [0, 0.1) is 0 Å².